The lowest BCUT2D eigenvalue weighted by Crippen LogP contribution is -2.61. The van der Waals surface area contributed by atoms with E-state index in [1.165, 1.54) is 11.1 Å². The first-order chi connectivity index (χ1) is 23.0. The van der Waals surface area contributed by atoms with Crippen molar-refractivity contribution in [3.8, 4) is 28.8 Å². The lowest BCUT2D eigenvalue weighted by molar-refractivity contribution is -0.142. The molecular weight excluding hydrogens is 594 g/mol. The number of pyridine rings is 2. The van der Waals surface area contributed by atoms with Crippen molar-refractivity contribution < 1.29 is 14.3 Å². The molecule has 12 heteroatoms. The lowest BCUT2D eigenvalue weighted by atomic mass is 9.81. The van der Waals surface area contributed by atoms with Gasteiger partial charge in [-0.3, -0.25) is 9.36 Å². The van der Waals surface area contributed by atoms with Gasteiger partial charge in [0.15, 0.2) is 17.3 Å². The molecule has 3 N–H and O–H groups in total. The molecule has 1 aromatic carbocycles. The first-order valence-electron chi connectivity index (χ1n) is 16.5. The van der Waals surface area contributed by atoms with Gasteiger partial charge >= 0.3 is 0 Å². The highest BCUT2D eigenvalue weighted by Gasteiger charge is 2.45. The van der Waals surface area contributed by atoms with Gasteiger partial charge in [-0.15, -0.1) is 5.10 Å². The summed E-state index contributed by atoms with van der Waals surface area (Å²) in [6, 6.07) is 16.7. The molecule has 2 aliphatic carbocycles. The predicted molar refractivity (Wildman–Crippen MR) is 175 cm³/mol. The Morgan fingerprint density at radius 1 is 1.04 bits per heavy atom. The van der Waals surface area contributed by atoms with Crippen LogP contribution >= 0.6 is 0 Å². The summed E-state index contributed by atoms with van der Waals surface area (Å²) >= 11 is 0. The zero-order valence-corrected chi connectivity index (χ0v) is 26.2. The number of nitrogens with two attached hydrogens (primary N) is 1. The van der Waals surface area contributed by atoms with E-state index in [9.17, 15) is 4.79 Å². The number of methoxy groups -OCH3 is 1. The molecule has 47 heavy (non-hydrogen) atoms. The van der Waals surface area contributed by atoms with Gasteiger partial charge in [0.2, 0.25) is 11.8 Å². The van der Waals surface area contributed by atoms with Gasteiger partial charge in [-0.1, -0.05) is 6.07 Å². The topological polar surface area (TPSA) is 138 Å². The average Bonchev–Trinajstić information content (AvgIpc) is 3.51. The number of nitrogens with zero attached hydrogens (tertiary/aromatic N) is 7. The van der Waals surface area contributed by atoms with Crippen molar-refractivity contribution in [3.63, 3.8) is 0 Å². The number of piperidine rings is 1. The third-order valence-electron chi connectivity index (χ3n) is 10.3. The fraction of sp³-hybridized carbons (Fsp3) is 0.400. The number of imidazole rings is 1. The number of amides is 1. The first kappa shape index (κ1) is 28.4. The molecule has 2 bridgehead atoms. The maximum Gasteiger partial charge on any atom is 0.232 e. The van der Waals surface area contributed by atoms with Crippen molar-refractivity contribution in [2.24, 2.45) is 17.8 Å². The number of hydrogen-bond acceptors (Lipinski definition) is 9. The lowest BCUT2D eigenvalue weighted by Gasteiger charge is -2.48. The van der Waals surface area contributed by atoms with Gasteiger partial charge in [0.05, 0.1) is 25.9 Å². The average molecular weight is 632 g/mol. The van der Waals surface area contributed by atoms with E-state index in [0.29, 0.717) is 66.0 Å². The quantitative estimate of drug-likeness (QED) is 0.275. The van der Waals surface area contributed by atoms with Crippen molar-refractivity contribution >= 4 is 22.9 Å². The van der Waals surface area contributed by atoms with Crippen LogP contribution in [0.3, 0.4) is 0 Å². The summed E-state index contributed by atoms with van der Waals surface area (Å²) in [6.07, 6.45) is 7.60. The van der Waals surface area contributed by atoms with Gasteiger partial charge in [0, 0.05) is 67.1 Å². The smallest absolute Gasteiger partial charge is 0.232 e. The van der Waals surface area contributed by atoms with Gasteiger partial charge in [0.1, 0.15) is 11.3 Å². The van der Waals surface area contributed by atoms with E-state index in [1.54, 1.807) is 24.1 Å². The Hall–Kier alpha value is -4.81. The van der Waals surface area contributed by atoms with Crippen molar-refractivity contribution in [1.29, 1.82) is 0 Å². The maximum absolute atomic E-state index is 12.9. The Morgan fingerprint density at radius 3 is 2.66 bits per heavy atom. The van der Waals surface area contributed by atoms with Crippen LogP contribution in [0.2, 0.25) is 0 Å². The maximum atomic E-state index is 12.9. The Labute approximate surface area is 271 Å². The number of nitrogen functional groups attached to an aromatic ring is 1. The van der Waals surface area contributed by atoms with Crippen LogP contribution in [0.25, 0.3) is 34.1 Å². The standard InChI is InChI=1S/C35H37N9O3/c1-46-30-12-14-43(41-30)29-11-10-28-34(40-29)44(33(39-28)26-3-2-13-37-32(26)36)24-7-8-25-21(15-24)6-9-27(25)38-31-22-16-42(35(45)20-4-5-20)17-23(31)19-47-18-22/h2-3,7-8,10-15,20,22-23,27,31,38H,4-6,9,16-19H2,1H3,(H2,36,37)/t22-,23?,27+,31?/m1/s1. The highest BCUT2D eigenvalue weighted by molar-refractivity contribution is 5.83. The number of likely N-dealkylation sites (tertiary alicyclic amines) is 1. The number of ether oxygens (including phenoxy) is 2. The molecule has 12 nitrogen and oxygen atoms in total. The summed E-state index contributed by atoms with van der Waals surface area (Å²) in [5.41, 5.74) is 12.2. The van der Waals surface area contributed by atoms with Gasteiger partial charge in [-0.2, -0.15) is 0 Å². The molecule has 3 fully saturated rings. The first-order valence-corrected chi connectivity index (χ1v) is 16.5. The number of benzene rings is 1. The van der Waals surface area contributed by atoms with E-state index < -0.39 is 0 Å². The SMILES string of the molecule is COc1ccn(-c2ccc3nc(-c4cccnc4N)n(-c4ccc5c(c4)CC[C@@H]5NC4C5COC[C@H]4CN(C(=O)C4CC4)C5)c3n2)n1. The van der Waals surface area contributed by atoms with Crippen LogP contribution in [0.5, 0.6) is 5.88 Å². The number of anilines is 1. The number of aryl methyl sites for hydroxylation is 1. The van der Waals surface area contributed by atoms with Crippen LogP contribution in [-0.2, 0) is 16.0 Å². The normalized spacial score (nSPS) is 23.6. The molecule has 1 amide bonds. The number of hydrogen-bond donors (Lipinski definition) is 2. The molecule has 4 aromatic heterocycles. The summed E-state index contributed by atoms with van der Waals surface area (Å²) < 4.78 is 15.0. The van der Waals surface area contributed by atoms with Crippen LogP contribution in [0.15, 0.2) is 60.9 Å². The van der Waals surface area contributed by atoms with Crippen LogP contribution < -0.4 is 15.8 Å². The molecule has 2 saturated heterocycles. The number of nitrogens with one attached hydrogen (secondary N) is 1. The Kier molecular flexibility index (Phi) is 6.75. The molecule has 4 aliphatic rings. The number of fused-ring (bicyclic) bond motifs is 4. The second-order valence-corrected chi connectivity index (χ2v) is 13.3. The highest BCUT2D eigenvalue weighted by atomic mass is 16.5. The van der Waals surface area contributed by atoms with E-state index in [-0.39, 0.29) is 12.0 Å². The molecule has 240 valence electrons. The fourth-order valence-corrected chi connectivity index (χ4v) is 7.78. The van der Waals surface area contributed by atoms with Crippen LogP contribution in [-0.4, -0.2) is 79.6 Å². The largest absolute Gasteiger partial charge is 0.480 e. The molecule has 1 saturated carbocycles. The van der Waals surface area contributed by atoms with Gasteiger partial charge in [-0.05, 0) is 73.2 Å². The summed E-state index contributed by atoms with van der Waals surface area (Å²) in [4.78, 5) is 29.4. The van der Waals surface area contributed by atoms with Crippen molar-refractivity contribution in [1.82, 2.24) is 39.5 Å². The fourth-order valence-electron chi connectivity index (χ4n) is 7.78. The summed E-state index contributed by atoms with van der Waals surface area (Å²) in [7, 11) is 1.59. The van der Waals surface area contributed by atoms with E-state index >= 15 is 0 Å². The minimum absolute atomic E-state index is 0.255. The Balaban J connectivity index is 1.05. The third kappa shape index (κ3) is 4.94. The van der Waals surface area contributed by atoms with Gasteiger partial charge in [-0.25, -0.2) is 19.6 Å². The van der Waals surface area contributed by atoms with Crippen molar-refractivity contribution in [2.75, 3.05) is 39.1 Å². The second-order valence-electron chi connectivity index (χ2n) is 13.3. The summed E-state index contributed by atoms with van der Waals surface area (Å²) in [6.45, 7) is 2.98. The number of rotatable bonds is 7. The molecular formula is C35H37N9O3. The number of carbonyl (C=O) groups is 1. The molecule has 2 unspecified atom stereocenters. The molecule has 6 heterocycles. The zero-order valence-electron chi connectivity index (χ0n) is 26.2. The monoisotopic (exact) mass is 631 g/mol. The zero-order chi connectivity index (χ0) is 31.6. The van der Waals surface area contributed by atoms with Crippen LogP contribution in [0.1, 0.15) is 36.4 Å². The van der Waals surface area contributed by atoms with E-state index in [4.69, 9.17) is 25.2 Å². The van der Waals surface area contributed by atoms with Crippen molar-refractivity contribution in [3.05, 3.63) is 72.1 Å². The van der Waals surface area contributed by atoms with Gasteiger partial charge < -0.3 is 25.4 Å². The Bertz CT molecular complexity index is 1990. The molecule has 5 aromatic rings. The predicted octanol–water partition coefficient (Wildman–Crippen LogP) is 3.72. The third-order valence-corrected chi connectivity index (χ3v) is 10.3. The number of aromatic nitrogens is 6. The molecule has 4 atom stereocenters. The second kappa shape index (κ2) is 11.2. The summed E-state index contributed by atoms with van der Waals surface area (Å²) in [5, 5.41) is 8.52. The highest BCUT2D eigenvalue weighted by Crippen LogP contribution is 2.39. The van der Waals surface area contributed by atoms with Crippen molar-refractivity contribution in [2.45, 2.75) is 37.8 Å². The summed E-state index contributed by atoms with van der Waals surface area (Å²) in [5.74, 6) is 3.49. The molecule has 0 radical (unpaired) electrons. The van der Waals surface area contributed by atoms with Crippen LogP contribution in [0.4, 0.5) is 5.82 Å². The molecule has 2 aliphatic heterocycles. The van der Waals surface area contributed by atoms with Gasteiger partial charge in [0.25, 0.3) is 0 Å². The van der Waals surface area contributed by atoms with E-state index in [0.717, 1.165) is 55.5 Å². The van der Waals surface area contributed by atoms with E-state index in [1.807, 2.05) is 30.5 Å². The van der Waals surface area contributed by atoms with Crippen LogP contribution in [0, 0.1) is 17.8 Å². The number of carbonyl (C=O) groups excluding carboxylic acids is 1. The minimum atomic E-state index is 0.255. The molecule has 0 spiro atoms. The Morgan fingerprint density at radius 2 is 1.89 bits per heavy atom. The minimum Gasteiger partial charge on any atom is -0.480 e. The van der Waals surface area contributed by atoms with E-state index in [2.05, 4.69) is 43.1 Å². The molecule has 9 rings (SSSR count).